The molecule has 0 bridgehead atoms. The van der Waals surface area contributed by atoms with Gasteiger partial charge in [0.2, 0.25) is 0 Å². The van der Waals surface area contributed by atoms with E-state index in [9.17, 15) is 0 Å². The maximum absolute atomic E-state index is 4.66. The zero-order valence-corrected chi connectivity index (χ0v) is 12.5. The van der Waals surface area contributed by atoms with E-state index in [4.69, 9.17) is 0 Å². The van der Waals surface area contributed by atoms with Crippen LogP contribution >= 0.6 is 0 Å². The molecular formula is C14H23N5. The molecule has 2 aromatic heterocycles. The van der Waals surface area contributed by atoms with Crippen molar-refractivity contribution in [2.75, 3.05) is 13.6 Å². The van der Waals surface area contributed by atoms with Gasteiger partial charge in [-0.2, -0.15) is 10.2 Å². The van der Waals surface area contributed by atoms with E-state index in [1.165, 1.54) is 17.0 Å². The summed E-state index contributed by atoms with van der Waals surface area (Å²) in [5.41, 5.74) is 5.98. The van der Waals surface area contributed by atoms with E-state index in [2.05, 4.69) is 40.1 Å². The van der Waals surface area contributed by atoms with Crippen molar-refractivity contribution in [2.24, 2.45) is 7.05 Å². The number of nitrogens with one attached hydrogen (secondary N) is 1. The van der Waals surface area contributed by atoms with Gasteiger partial charge in [0.1, 0.15) is 0 Å². The van der Waals surface area contributed by atoms with Gasteiger partial charge in [0.25, 0.3) is 0 Å². The Balaban J connectivity index is 2.24. The number of aromatic nitrogens is 4. The number of hydrogen-bond donors (Lipinski definition) is 1. The molecule has 19 heavy (non-hydrogen) atoms. The number of aryl methyl sites for hydroxylation is 3. The third kappa shape index (κ3) is 2.87. The van der Waals surface area contributed by atoms with Gasteiger partial charge in [-0.15, -0.1) is 0 Å². The van der Waals surface area contributed by atoms with Crippen LogP contribution in [0.4, 0.5) is 0 Å². The second-order valence-electron chi connectivity index (χ2n) is 5.06. The number of likely N-dealkylation sites (N-methyl/N-ethyl adjacent to an activating group) is 1. The molecule has 0 fully saturated rings. The second kappa shape index (κ2) is 5.57. The summed E-state index contributed by atoms with van der Waals surface area (Å²) in [6.07, 6.45) is 1.03. The van der Waals surface area contributed by atoms with E-state index in [0.29, 0.717) is 0 Å². The van der Waals surface area contributed by atoms with Crippen LogP contribution in [0.15, 0.2) is 6.07 Å². The largest absolute Gasteiger partial charge is 0.319 e. The summed E-state index contributed by atoms with van der Waals surface area (Å²) in [5.74, 6) is 0. The fraction of sp³-hybridized carbons (Fsp3) is 0.571. The summed E-state index contributed by atoms with van der Waals surface area (Å²) in [7, 11) is 3.96. The molecule has 0 spiro atoms. The molecule has 1 N–H and O–H groups in total. The highest BCUT2D eigenvalue weighted by Gasteiger charge is 2.12. The van der Waals surface area contributed by atoms with E-state index in [1.807, 2.05) is 25.7 Å². The molecule has 0 radical (unpaired) electrons. The molecule has 0 saturated heterocycles. The van der Waals surface area contributed by atoms with Crippen molar-refractivity contribution in [3.05, 3.63) is 34.4 Å². The van der Waals surface area contributed by atoms with E-state index in [1.54, 1.807) is 0 Å². The minimum absolute atomic E-state index is 0.781. The molecule has 0 amide bonds. The molecule has 2 heterocycles. The van der Waals surface area contributed by atoms with Crippen molar-refractivity contribution in [2.45, 2.75) is 33.7 Å². The smallest absolute Gasteiger partial charge is 0.0831 e. The second-order valence-corrected chi connectivity index (χ2v) is 5.06. The van der Waals surface area contributed by atoms with Crippen molar-refractivity contribution >= 4 is 0 Å². The van der Waals surface area contributed by atoms with Gasteiger partial charge < -0.3 is 5.32 Å². The van der Waals surface area contributed by atoms with Crippen LogP contribution < -0.4 is 5.32 Å². The molecule has 5 nitrogen and oxygen atoms in total. The first kappa shape index (κ1) is 13.8. The van der Waals surface area contributed by atoms with Crippen LogP contribution in [0.5, 0.6) is 0 Å². The number of nitrogens with zero attached hydrogens (tertiary/aromatic N) is 4. The summed E-state index contributed by atoms with van der Waals surface area (Å²) in [4.78, 5) is 0. The number of hydrogen-bond acceptors (Lipinski definition) is 3. The first-order chi connectivity index (χ1) is 9.02. The van der Waals surface area contributed by atoms with E-state index in [-0.39, 0.29) is 0 Å². The van der Waals surface area contributed by atoms with E-state index >= 15 is 0 Å². The SMILES string of the molecule is CNCCc1c(C)nn(Cc2cc(C)nn2C)c1C. The summed E-state index contributed by atoms with van der Waals surface area (Å²) >= 11 is 0. The molecule has 104 valence electrons. The fourth-order valence-corrected chi connectivity index (χ4v) is 2.47. The summed E-state index contributed by atoms with van der Waals surface area (Å²) in [5, 5.41) is 12.2. The highest BCUT2D eigenvalue weighted by molar-refractivity contribution is 5.25. The van der Waals surface area contributed by atoms with Gasteiger partial charge in [-0.1, -0.05) is 0 Å². The van der Waals surface area contributed by atoms with Crippen LogP contribution in [0.2, 0.25) is 0 Å². The third-order valence-electron chi connectivity index (χ3n) is 3.57. The highest BCUT2D eigenvalue weighted by Crippen LogP contribution is 2.15. The molecule has 0 unspecified atom stereocenters. The van der Waals surface area contributed by atoms with Crippen LogP contribution in [-0.2, 0) is 20.0 Å². The van der Waals surface area contributed by atoms with E-state index < -0.39 is 0 Å². The zero-order chi connectivity index (χ0) is 14.0. The molecule has 2 aromatic rings. The van der Waals surface area contributed by atoms with Gasteiger partial charge in [-0.3, -0.25) is 9.36 Å². The first-order valence-corrected chi connectivity index (χ1v) is 6.70. The molecule has 0 aliphatic rings. The quantitative estimate of drug-likeness (QED) is 0.884. The standard InChI is InChI=1S/C14H23N5/c1-10-8-13(18(5)16-10)9-19-12(3)14(6-7-15-4)11(2)17-19/h8,15H,6-7,9H2,1-5H3. The molecule has 0 aromatic carbocycles. The Bertz CT molecular complexity index is 565. The minimum Gasteiger partial charge on any atom is -0.319 e. The van der Waals surface area contributed by atoms with Crippen molar-refractivity contribution in [3.8, 4) is 0 Å². The van der Waals surface area contributed by atoms with Crippen molar-refractivity contribution in [3.63, 3.8) is 0 Å². The van der Waals surface area contributed by atoms with Gasteiger partial charge in [0.05, 0.1) is 23.6 Å². The third-order valence-corrected chi connectivity index (χ3v) is 3.57. The maximum atomic E-state index is 4.66. The Kier molecular flexibility index (Phi) is 4.04. The molecule has 5 heteroatoms. The summed E-state index contributed by atoms with van der Waals surface area (Å²) in [6, 6.07) is 2.11. The monoisotopic (exact) mass is 261 g/mol. The average Bonchev–Trinajstić information content (AvgIpc) is 2.79. The van der Waals surface area contributed by atoms with Gasteiger partial charge in [-0.25, -0.2) is 0 Å². The van der Waals surface area contributed by atoms with Crippen LogP contribution in [0.25, 0.3) is 0 Å². The lowest BCUT2D eigenvalue weighted by atomic mass is 10.1. The molecule has 2 rings (SSSR count). The molecule has 0 aliphatic heterocycles. The van der Waals surface area contributed by atoms with Gasteiger partial charge in [0.15, 0.2) is 0 Å². The lowest BCUT2D eigenvalue weighted by molar-refractivity contribution is 0.602. The van der Waals surface area contributed by atoms with Gasteiger partial charge in [-0.05, 0) is 52.4 Å². The summed E-state index contributed by atoms with van der Waals surface area (Å²) in [6.45, 7) is 8.02. The Hall–Kier alpha value is -1.62. The lowest BCUT2D eigenvalue weighted by Crippen LogP contribution is -2.12. The molecule has 0 atom stereocenters. The molecule has 0 saturated carbocycles. The van der Waals surface area contributed by atoms with Crippen LogP contribution in [0, 0.1) is 20.8 Å². The van der Waals surface area contributed by atoms with Gasteiger partial charge >= 0.3 is 0 Å². The topological polar surface area (TPSA) is 47.7 Å². The number of rotatable bonds is 5. The fourth-order valence-electron chi connectivity index (χ4n) is 2.47. The van der Waals surface area contributed by atoms with Crippen LogP contribution in [0.3, 0.4) is 0 Å². The van der Waals surface area contributed by atoms with Crippen LogP contribution in [0.1, 0.15) is 28.3 Å². The minimum atomic E-state index is 0.781. The van der Waals surface area contributed by atoms with E-state index in [0.717, 1.165) is 30.9 Å². The lowest BCUT2D eigenvalue weighted by Gasteiger charge is -2.06. The van der Waals surface area contributed by atoms with Crippen molar-refractivity contribution in [1.29, 1.82) is 0 Å². The van der Waals surface area contributed by atoms with Crippen molar-refractivity contribution in [1.82, 2.24) is 24.9 Å². The highest BCUT2D eigenvalue weighted by atomic mass is 15.3. The normalized spacial score (nSPS) is 11.2. The first-order valence-electron chi connectivity index (χ1n) is 6.70. The van der Waals surface area contributed by atoms with Gasteiger partial charge in [0, 0.05) is 12.7 Å². The summed E-state index contributed by atoms with van der Waals surface area (Å²) < 4.78 is 4.01. The molecular weight excluding hydrogens is 238 g/mol. The van der Waals surface area contributed by atoms with Crippen molar-refractivity contribution < 1.29 is 0 Å². The Labute approximate surface area is 114 Å². The Morgan fingerprint density at radius 2 is 1.95 bits per heavy atom. The Morgan fingerprint density at radius 1 is 1.21 bits per heavy atom. The zero-order valence-electron chi connectivity index (χ0n) is 12.5. The molecule has 0 aliphatic carbocycles. The predicted octanol–water partition coefficient (Wildman–Crippen LogP) is 1.35. The van der Waals surface area contributed by atoms with Crippen LogP contribution in [-0.4, -0.2) is 33.2 Å². The Morgan fingerprint density at radius 3 is 2.53 bits per heavy atom. The predicted molar refractivity (Wildman–Crippen MR) is 76.4 cm³/mol. The average molecular weight is 261 g/mol. The maximum Gasteiger partial charge on any atom is 0.0831 e.